The van der Waals surface area contributed by atoms with Crippen LogP contribution in [0.4, 0.5) is 0 Å². The van der Waals surface area contributed by atoms with E-state index in [1.165, 1.54) is 0 Å². The highest BCUT2D eigenvalue weighted by molar-refractivity contribution is 6.06. The van der Waals surface area contributed by atoms with Crippen LogP contribution < -0.4 is 0 Å². The third-order valence-electron chi connectivity index (χ3n) is 3.20. The number of ketones is 1. The van der Waals surface area contributed by atoms with E-state index in [9.17, 15) is 9.59 Å². The summed E-state index contributed by atoms with van der Waals surface area (Å²) in [5, 5.41) is 0. The summed E-state index contributed by atoms with van der Waals surface area (Å²) in [7, 11) is 1.67. The lowest BCUT2D eigenvalue weighted by Gasteiger charge is -2.33. The fraction of sp³-hybridized carbons (Fsp3) is 0.800. The second kappa shape index (κ2) is 3.35. The average Bonchev–Trinajstić information content (AvgIpc) is 2.43. The molecule has 0 N–H and O–H groups in total. The molecule has 78 valence electrons. The van der Waals surface area contributed by atoms with Crippen molar-refractivity contribution in [3.8, 4) is 0 Å². The maximum atomic E-state index is 11.6. The number of carbonyl (C=O) groups is 2. The van der Waals surface area contributed by atoms with E-state index in [1.807, 2.05) is 0 Å². The number of carbonyl (C=O) groups excluding carboxylic acids is 2. The van der Waals surface area contributed by atoms with Crippen molar-refractivity contribution in [1.82, 2.24) is 0 Å². The SMILES string of the molecule is COC1CCC2(CC1)OC(=O)CC2=O. The van der Waals surface area contributed by atoms with E-state index >= 15 is 0 Å². The Morgan fingerprint density at radius 2 is 2.00 bits per heavy atom. The van der Waals surface area contributed by atoms with Crippen LogP contribution >= 0.6 is 0 Å². The standard InChI is InChI=1S/C10H14O4/c1-13-7-2-4-10(5-3-7)8(11)6-9(12)14-10/h7H,2-6H2,1H3. The summed E-state index contributed by atoms with van der Waals surface area (Å²) in [6, 6.07) is 0. The Hall–Kier alpha value is -0.900. The summed E-state index contributed by atoms with van der Waals surface area (Å²) in [6.07, 6.45) is 3.02. The van der Waals surface area contributed by atoms with E-state index in [4.69, 9.17) is 9.47 Å². The second-order valence-corrected chi connectivity index (χ2v) is 4.00. The molecule has 4 heteroatoms. The fourth-order valence-electron chi connectivity index (χ4n) is 2.28. The van der Waals surface area contributed by atoms with Gasteiger partial charge in [0.15, 0.2) is 11.4 Å². The third-order valence-corrected chi connectivity index (χ3v) is 3.20. The highest BCUT2D eigenvalue weighted by atomic mass is 16.6. The Morgan fingerprint density at radius 1 is 1.36 bits per heavy atom. The minimum absolute atomic E-state index is 0.0440. The Kier molecular flexibility index (Phi) is 2.31. The summed E-state index contributed by atoms with van der Waals surface area (Å²) in [6.45, 7) is 0. The number of hydrogen-bond donors (Lipinski definition) is 0. The number of rotatable bonds is 1. The fourth-order valence-corrected chi connectivity index (χ4v) is 2.28. The Balaban J connectivity index is 2.05. The van der Waals surface area contributed by atoms with E-state index in [-0.39, 0.29) is 24.3 Å². The lowest BCUT2D eigenvalue weighted by atomic mass is 9.81. The molecule has 1 aliphatic heterocycles. The highest BCUT2D eigenvalue weighted by Gasteiger charge is 2.50. The smallest absolute Gasteiger partial charge is 0.314 e. The number of hydrogen-bond acceptors (Lipinski definition) is 4. The molecule has 2 aliphatic rings. The van der Waals surface area contributed by atoms with Crippen molar-refractivity contribution >= 4 is 11.8 Å². The maximum absolute atomic E-state index is 11.6. The molecule has 14 heavy (non-hydrogen) atoms. The zero-order valence-electron chi connectivity index (χ0n) is 8.25. The van der Waals surface area contributed by atoms with Crippen LogP contribution in [0.1, 0.15) is 32.1 Å². The first kappa shape index (κ1) is 9.65. The predicted octanol–water partition coefficient (Wildman–Crippen LogP) is 0.830. The van der Waals surface area contributed by atoms with Crippen molar-refractivity contribution in [3.63, 3.8) is 0 Å². The summed E-state index contributed by atoms with van der Waals surface area (Å²) in [5.41, 5.74) is -0.786. The average molecular weight is 198 g/mol. The molecule has 1 heterocycles. The van der Waals surface area contributed by atoms with Gasteiger partial charge in [-0.1, -0.05) is 0 Å². The lowest BCUT2D eigenvalue weighted by molar-refractivity contribution is -0.157. The van der Waals surface area contributed by atoms with E-state index < -0.39 is 5.60 Å². The zero-order valence-corrected chi connectivity index (χ0v) is 8.25. The third kappa shape index (κ3) is 1.43. The molecule has 1 aliphatic carbocycles. The first-order valence-electron chi connectivity index (χ1n) is 4.94. The lowest BCUT2D eigenvalue weighted by Crippen LogP contribution is -2.41. The van der Waals surface area contributed by atoms with Crippen LogP contribution in [0.2, 0.25) is 0 Å². The summed E-state index contributed by atoms with van der Waals surface area (Å²) >= 11 is 0. The Bertz CT molecular complexity index is 263. The number of Topliss-reactive ketones (excluding diaryl/α,β-unsaturated/α-hetero) is 1. The van der Waals surface area contributed by atoms with Gasteiger partial charge in [-0.15, -0.1) is 0 Å². The Labute approximate surface area is 82.6 Å². The Morgan fingerprint density at radius 3 is 2.43 bits per heavy atom. The molecule has 0 aromatic carbocycles. The molecule has 0 radical (unpaired) electrons. The first-order valence-corrected chi connectivity index (χ1v) is 4.94. The molecule has 4 nitrogen and oxygen atoms in total. The minimum Gasteiger partial charge on any atom is -0.451 e. The molecule has 1 spiro atoms. The molecule has 0 unspecified atom stereocenters. The van der Waals surface area contributed by atoms with Gasteiger partial charge in [0.1, 0.15) is 6.42 Å². The van der Waals surface area contributed by atoms with E-state index in [1.54, 1.807) is 7.11 Å². The highest BCUT2D eigenvalue weighted by Crippen LogP contribution is 2.38. The molecule has 0 aromatic rings. The van der Waals surface area contributed by atoms with Crippen LogP contribution in [0.25, 0.3) is 0 Å². The van der Waals surface area contributed by atoms with Gasteiger partial charge in [0.05, 0.1) is 6.10 Å². The zero-order chi connectivity index (χ0) is 10.2. The van der Waals surface area contributed by atoms with Gasteiger partial charge >= 0.3 is 5.97 Å². The molecular formula is C10H14O4. The van der Waals surface area contributed by atoms with Gasteiger partial charge in [-0.25, -0.2) is 0 Å². The summed E-state index contributed by atoms with van der Waals surface area (Å²) in [5.74, 6) is -0.414. The monoisotopic (exact) mass is 198 g/mol. The van der Waals surface area contributed by atoms with Gasteiger partial charge in [-0.2, -0.15) is 0 Å². The van der Waals surface area contributed by atoms with Gasteiger partial charge in [0.25, 0.3) is 0 Å². The van der Waals surface area contributed by atoms with Gasteiger partial charge in [0, 0.05) is 7.11 Å². The van der Waals surface area contributed by atoms with E-state index in [0.717, 1.165) is 12.8 Å². The predicted molar refractivity (Wildman–Crippen MR) is 47.7 cm³/mol. The van der Waals surface area contributed by atoms with Crippen molar-refractivity contribution in [3.05, 3.63) is 0 Å². The first-order chi connectivity index (χ1) is 6.66. The molecule has 0 aromatic heterocycles. The summed E-state index contributed by atoms with van der Waals surface area (Å²) in [4.78, 5) is 22.6. The molecule has 0 bridgehead atoms. The van der Waals surface area contributed by atoms with Crippen LogP contribution in [0.15, 0.2) is 0 Å². The second-order valence-electron chi connectivity index (χ2n) is 4.00. The van der Waals surface area contributed by atoms with Crippen LogP contribution in [-0.2, 0) is 19.1 Å². The van der Waals surface area contributed by atoms with E-state index in [0.29, 0.717) is 12.8 Å². The number of ether oxygens (including phenoxy) is 2. The quantitative estimate of drug-likeness (QED) is 0.462. The molecule has 0 atom stereocenters. The van der Waals surface area contributed by atoms with Gasteiger partial charge < -0.3 is 9.47 Å². The molecule has 2 rings (SSSR count). The van der Waals surface area contributed by atoms with E-state index in [2.05, 4.69) is 0 Å². The van der Waals surface area contributed by atoms with Crippen LogP contribution in [0.5, 0.6) is 0 Å². The van der Waals surface area contributed by atoms with Gasteiger partial charge in [-0.3, -0.25) is 9.59 Å². The van der Waals surface area contributed by atoms with Crippen LogP contribution in [0.3, 0.4) is 0 Å². The van der Waals surface area contributed by atoms with Crippen molar-refractivity contribution in [2.24, 2.45) is 0 Å². The molecule has 0 amide bonds. The van der Waals surface area contributed by atoms with Crippen molar-refractivity contribution in [2.45, 2.75) is 43.8 Å². The molecule has 1 saturated heterocycles. The maximum Gasteiger partial charge on any atom is 0.314 e. The topological polar surface area (TPSA) is 52.6 Å². The molecule has 1 saturated carbocycles. The normalized spacial score (nSPS) is 37.6. The van der Waals surface area contributed by atoms with Crippen LogP contribution in [0, 0.1) is 0 Å². The summed E-state index contributed by atoms with van der Waals surface area (Å²) < 4.78 is 10.4. The molecular weight excluding hydrogens is 184 g/mol. The largest absolute Gasteiger partial charge is 0.451 e. The van der Waals surface area contributed by atoms with Crippen LogP contribution in [-0.4, -0.2) is 30.6 Å². The van der Waals surface area contributed by atoms with Gasteiger partial charge in [-0.05, 0) is 25.7 Å². The van der Waals surface area contributed by atoms with Crippen molar-refractivity contribution in [1.29, 1.82) is 0 Å². The number of esters is 1. The van der Waals surface area contributed by atoms with Crippen molar-refractivity contribution < 1.29 is 19.1 Å². The minimum atomic E-state index is -0.786. The van der Waals surface area contributed by atoms with Crippen molar-refractivity contribution in [2.75, 3.05) is 7.11 Å². The number of methoxy groups -OCH3 is 1. The van der Waals surface area contributed by atoms with Gasteiger partial charge in [0.2, 0.25) is 0 Å². The molecule has 2 fully saturated rings.